The molecule has 0 N–H and O–H groups in total. The predicted molar refractivity (Wildman–Crippen MR) is 106 cm³/mol. The van der Waals surface area contributed by atoms with E-state index in [1.165, 1.54) is 13.2 Å². The summed E-state index contributed by atoms with van der Waals surface area (Å²) in [5, 5.41) is 0. The quantitative estimate of drug-likeness (QED) is 0.737. The molecule has 0 bridgehead atoms. The Kier molecular flexibility index (Phi) is 6.21. The molecule has 2 aromatic rings. The van der Waals surface area contributed by atoms with Gasteiger partial charge in [0, 0.05) is 13.1 Å². The van der Waals surface area contributed by atoms with E-state index >= 15 is 0 Å². The lowest BCUT2D eigenvalue weighted by Gasteiger charge is -2.30. The first-order valence-corrected chi connectivity index (χ1v) is 10.5. The van der Waals surface area contributed by atoms with Crippen molar-refractivity contribution < 1.29 is 22.7 Å². The molecule has 0 radical (unpaired) electrons. The van der Waals surface area contributed by atoms with Gasteiger partial charge in [-0.15, -0.1) is 0 Å². The average molecular weight is 404 g/mol. The van der Waals surface area contributed by atoms with E-state index in [2.05, 4.69) is 0 Å². The Morgan fingerprint density at radius 2 is 1.82 bits per heavy atom. The van der Waals surface area contributed by atoms with Crippen molar-refractivity contribution in [2.24, 2.45) is 0 Å². The molecule has 3 rings (SSSR count). The molecule has 1 heterocycles. The van der Waals surface area contributed by atoms with Gasteiger partial charge in [0.2, 0.25) is 5.91 Å². The first-order chi connectivity index (χ1) is 13.4. The van der Waals surface area contributed by atoms with Gasteiger partial charge in [-0.25, -0.2) is 8.42 Å². The van der Waals surface area contributed by atoms with Gasteiger partial charge in [0.15, 0.2) is 0 Å². The monoisotopic (exact) mass is 404 g/mol. The summed E-state index contributed by atoms with van der Waals surface area (Å²) >= 11 is 0. The average Bonchev–Trinajstić information content (AvgIpc) is 2.72. The summed E-state index contributed by atoms with van der Waals surface area (Å²) in [4.78, 5) is 14.5. The van der Waals surface area contributed by atoms with Crippen LogP contribution in [0, 0.1) is 6.92 Å². The molecule has 2 aromatic carbocycles. The fourth-order valence-electron chi connectivity index (χ4n) is 3.08. The molecule has 28 heavy (non-hydrogen) atoms. The molecule has 0 saturated carbocycles. The van der Waals surface area contributed by atoms with E-state index in [4.69, 9.17) is 9.47 Å². The van der Waals surface area contributed by atoms with Gasteiger partial charge in [-0.05, 0) is 42.8 Å². The van der Waals surface area contributed by atoms with Crippen LogP contribution >= 0.6 is 0 Å². The third-order valence-electron chi connectivity index (χ3n) is 4.64. The summed E-state index contributed by atoms with van der Waals surface area (Å²) in [7, 11) is -2.40. The Balaban J connectivity index is 1.96. The molecule has 0 spiro atoms. The van der Waals surface area contributed by atoms with Crippen molar-refractivity contribution in [3.8, 4) is 5.75 Å². The molecule has 1 aliphatic heterocycles. The third kappa shape index (κ3) is 4.28. The van der Waals surface area contributed by atoms with E-state index in [0.29, 0.717) is 43.3 Å². The lowest BCUT2D eigenvalue weighted by molar-refractivity contribution is -0.133. The Morgan fingerprint density at radius 1 is 1.14 bits per heavy atom. The largest absolute Gasteiger partial charge is 0.496 e. The summed E-state index contributed by atoms with van der Waals surface area (Å²) in [5.41, 5.74) is 1.15. The SMILES string of the molecule is COc1ccc(S(=O)(=O)N(CC(=O)N2CCOCC2)c2ccccc2)cc1C. The van der Waals surface area contributed by atoms with E-state index in [0.717, 1.165) is 4.31 Å². The van der Waals surface area contributed by atoms with E-state index in [1.807, 2.05) is 0 Å². The smallest absolute Gasteiger partial charge is 0.264 e. The highest BCUT2D eigenvalue weighted by Gasteiger charge is 2.29. The second-order valence-corrected chi connectivity index (χ2v) is 8.33. The van der Waals surface area contributed by atoms with Gasteiger partial charge in [0.05, 0.1) is 30.9 Å². The van der Waals surface area contributed by atoms with Crippen molar-refractivity contribution in [2.75, 3.05) is 44.3 Å². The molecule has 0 atom stereocenters. The second-order valence-electron chi connectivity index (χ2n) is 6.47. The maximum Gasteiger partial charge on any atom is 0.264 e. The Hall–Kier alpha value is -2.58. The van der Waals surface area contributed by atoms with Gasteiger partial charge in [-0.3, -0.25) is 9.10 Å². The Bertz CT molecular complexity index is 925. The number of ether oxygens (including phenoxy) is 2. The molecule has 0 aromatic heterocycles. The minimum Gasteiger partial charge on any atom is -0.496 e. The predicted octanol–water partition coefficient (Wildman–Crippen LogP) is 2.06. The highest BCUT2D eigenvalue weighted by Crippen LogP contribution is 2.27. The molecule has 1 aliphatic rings. The van der Waals surface area contributed by atoms with Crippen molar-refractivity contribution in [1.29, 1.82) is 0 Å². The number of sulfonamides is 1. The van der Waals surface area contributed by atoms with E-state index in [-0.39, 0.29) is 17.3 Å². The van der Waals surface area contributed by atoms with Crippen LogP contribution in [0.25, 0.3) is 0 Å². The van der Waals surface area contributed by atoms with Crippen LogP contribution in [0.4, 0.5) is 5.69 Å². The summed E-state index contributed by atoms with van der Waals surface area (Å²) in [6, 6.07) is 13.3. The summed E-state index contributed by atoms with van der Waals surface area (Å²) < 4.78 is 38.4. The van der Waals surface area contributed by atoms with Gasteiger partial charge in [0.1, 0.15) is 12.3 Å². The number of benzene rings is 2. The molecule has 7 nitrogen and oxygen atoms in total. The van der Waals surface area contributed by atoms with Crippen LogP contribution in [0.5, 0.6) is 5.75 Å². The molecular weight excluding hydrogens is 380 g/mol. The standard InChI is InChI=1S/C20H24N2O5S/c1-16-14-18(8-9-19(16)26-2)28(24,25)22(17-6-4-3-5-7-17)15-20(23)21-10-12-27-13-11-21/h3-9,14H,10-13,15H2,1-2H3. The first kappa shape index (κ1) is 20.2. The van der Waals surface area contributed by atoms with E-state index < -0.39 is 10.0 Å². The van der Waals surface area contributed by atoms with Gasteiger partial charge in [0.25, 0.3) is 10.0 Å². The Labute approximate surface area is 165 Å². The highest BCUT2D eigenvalue weighted by molar-refractivity contribution is 7.92. The molecule has 8 heteroatoms. The summed E-state index contributed by atoms with van der Waals surface area (Å²) in [6.45, 7) is 3.36. The number of aryl methyl sites for hydroxylation is 1. The second kappa shape index (κ2) is 8.62. The van der Waals surface area contributed by atoms with Crippen LogP contribution in [-0.2, 0) is 19.6 Å². The van der Waals surface area contributed by atoms with Crippen LogP contribution in [-0.4, -0.2) is 59.2 Å². The van der Waals surface area contributed by atoms with Crippen LogP contribution in [0.15, 0.2) is 53.4 Å². The highest BCUT2D eigenvalue weighted by atomic mass is 32.2. The number of morpholine rings is 1. The molecule has 1 saturated heterocycles. The number of rotatable bonds is 6. The zero-order chi connectivity index (χ0) is 20.1. The minimum absolute atomic E-state index is 0.115. The van der Waals surface area contributed by atoms with Crippen molar-refractivity contribution in [2.45, 2.75) is 11.8 Å². The van der Waals surface area contributed by atoms with Crippen LogP contribution in [0.2, 0.25) is 0 Å². The van der Waals surface area contributed by atoms with Crippen LogP contribution in [0.1, 0.15) is 5.56 Å². The van der Waals surface area contributed by atoms with Crippen LogP contribution < -0.4 is 9.04 Å². The normalized spacial score (nSPS) is 14.6. The lowest BCUT2D eigenvalue weighted by atomic mass is 10.2. The fourth-order valence-corrected chi connectivity index (χ4v) is 4.58. The number of hydrogen-bond donors (Lipinski definition) is 0. The van der Waals surface area contributed by atoms with Crippen LogP contribution in [0.3, 0.4) is 0 Å². The van der Waals surface area contributed by atoms with Crippen molar-refractivity contribution in [1.82, 2.24) is 4.90 Å². The van der Waals surface area contributed by atoms with E-state index in [1.54, 1.807) is 54.3 Å². The number of anilines is 1. The number of carbonyl (C=O) groups excluding carboxylic acids is 1. The number of carbonyl (C=O) groups is 1. The fraction of sp³-hybridized carbons (Fsp3) is 0.350. The Morgan fingerprint density at radius 3 is 2.43 bits per heavy atom. The number of para-hydroxylation sites is 1. The van der Waals surface area contributed by atoms with Crippen molar-refractivity contribution in [3.05, 3.63) is 54.1 Å². The maximum absolute atomic E-state index is 13.4. The first-order valence-electron chi connectivity index (χ1n) is 9.01. The zero-order valence-corrected chi connectivity index (χ0v) is 16.8. The molecule has 0 unspecified atom stereocenters. The molecule has 1 amide bonds. The lowest BCUT2D eigenvalue weighted by Crippen LogP contribution is -2.47. The minimum atomic E-state index is -3.94. The summed E-state index contributed by atoms with van der Waals surface area (Å²) in [6.07, 6.45) is 0. The molecular formula is C20H24N2O5S. The van der Waals surface area contributed by atoms with E-state index in [9.17, 15) is 13.2 Å². The van der Waals surface area contributed by atoms with Gasteiger partial charge in [-0.1, -0.05) is 18.2 Å². The number of hydrogen-bond acceptors (Lipinski definition) is 5. The van der Waals surface area contributed by atoms with Gasteiger partial charge < -0.3 is 14.4 Å². The summed E-state index contributed by atoms with van der Waals surface area (Å²) in [5.74, 6) is 0.357. The molecule has 150 valence electrons. The number of amides is 1. The maximum atomic E-state index is 13.4. The number of nitrogens with zero attached hydrogens (tertiary/aromatic N) is 2. The molecule has 1 fully saturated rings. The topological polar surface area (TPSA) is 76.2 Å². The van der Waals surface area contributed by atoms with Crippen molar-refractivity contribution in [3.63, 3.8) is 0 Å². The zero-order valence-electron chi connectivity index (χ0n) is 16.0. The number of methoxy groups -OCH3 is 1. The van der Waals surface area contributed by atoms with Gasteiger partial charge in [-0.2, -0.15) is 0 Å². The van der Waals surface area contributed by atoms with Crippen molar-refractivity contribution >= 4 is 21.6 Å². The van der Waals surface area contributed by atoms with Gasteiger partial charge >= 0.3 is 0 Å². The third-order valence-corrected chi connectivity index (χ3v) is 6.41. The molecule has 0 aliphatic carbocycles.